The number of para-hydroxylation sites is 1. The van der Waals surface area contributed by atoms with Gasteiger partial charge in [0.25, 0.3) is 5.91 Å². The Morgan fingerprint density at radius 1 is 1.32 bits per heavy atom. The van der Waals surface area contributed by atoms with Crippen LogP contribution in [0.2, 0.25) is 0 Å². The van der Waals surface area contributed by atoms with Gasteiger partial charge in [-0.2, -0.15) is 0 Å². The van der Waals surface area contributed by atoms with Crippen LogP contribution in [-0.2, 0) is 10.4 Å². The minimum Gasteiger partial charge on any atom is -0.411 e. The molecule has 1 aliphatic heterocycles. The number of hydrogen-bond donors (Lipinski definition) is 3. The Balaban J connectivity index is 2.09. The van der Waals surface area contributed by atoms with Crippen molar-refractivity contribution in [1.82, 2.24) is 0 Å². The molecule has 0 radical (unpaired) electrons. The van der Waals surface area contributed by atoms with Crippen LogP contribution >= 0.6 is 0 Å². The van der Waals surface area contributed by atoms with Crippen LogP contribution < -0.4 is 5.32 Å². The number of anilines is 1. The Bertz CT molecular complexity index is 555. The molecule has 5 heteroatoms. The van der Waals surface area contributed by atoms with Crippen LogP contribution in [-0.4, -0.2) is 21.9 Å². The standard InChI is InChI=1S/C14H16N2O3/c17-13-14(18,9-5-1-3-7-11(9)15-13)10-6-2-4-8-12(10)16-19/h1,3,5,7,10,18-19H,2,4,6,8H2,(H,15,17)/b16-12-/t10-,14-/m1/s1. The van der Waals surface area contributed by atoms with Crippen LogP contribution in [0.5, 0.6) is 0 Å². The van der Waals surface area contributed by atoms with E-state index >= 15 is 0 Å². The number of carbonyl (C=O) groups is 1. The molecular formula is C14H16N2O3. The van der Waals surface area contributed by atoms with Gasteiger partial charge in [-0.3, -0.25) is 4.79 Å². The van der Waals surface area contributed by atoms with Crippen LogP contribution in [0, 0.1) is 5.92 Å². The third-order valence-corrected chi connectivity index (χ3v) is 4.14. The molecule has 5 nitrogen and oxygen atoms in total. The van der Waals surface area contributed by atoms with E-state index in [-0.39, 0.29) is 0 Å². The first kappa shape index (κ1) is 12.2. The van der Waals surface area contributed by atoms with Crippen molar-refractivity contribution in [3.8, 4) is 0 Å². The Kier molecular flexibility index (Phi) is 2.78. The summed E-state index contributed by atoms with van der Waals surface area (Å²) >= 11 is 0. The van der Waals surface area contributed by atoms with E-state index < -0.39 is 17.4 Å². The fourth-order valence-corrected chi connectivity index (χ4v) is 3.18. The number of oxime groups is 1. The zero-order valence-corrected chi connectivity index (χ0v) is 10.5. The molecule has 0 saturated heterocycles. The highest BCUT2D eigenvalue weighted by Crippen LogP contribution is 2.45. The first-order valence-electron chi connectivity index (χ1n) is 6.52. The van der Waals surface area contributed by atoms with Crippen molar-refractivity contribution in [2.45, 2.75) is 31.3 Å². The number of carbonyl (C=O) groups excluding carboxylic acids is 1. The van der Waals surface area contributed by atoms with Gasteiger partial charge >= 0.3 is 0 Å². The van der Waals surface area contributed by atoms with Crippen molar-refractivity contribution in [2.24, 2.45) is 11.1 Å². The smallest absolute Gasteiger partial charge is 0.261 e. The lowest BCUT2D eigenvalue weighted by Crippen LogP contribution is -2.46. The summed E-state index contributed by atoms with van der Waals surface area (Å²) in [5, 5.41) is 26.1. The molecule has 2 aliphatic rings. The van der Waals surface area contributed by atoms with E-state index in [0.717, 1.165) is 12.8 Å². The number of rotatable bonds is 1. The molecule has 0 unspecified atom stereocenters. The highest BCUT2D eigenvalue weighted by atomic mass is 16.4. The molecule has 100 valence electrons. The van der Waals surface area contributed by atoms with E-state index in [9.17, 15) is 9.90 Å². The number of hydrogen-bond acceptors (Lipinski definition) is 4. The summed E-state index contributed by atoms with van der Waals surface area (Å²) in [6, 6.07) is 7.12. The molecule has 19 heavy (non-hydrogen) atoms. The van der Waals surface area contributed by atoms with Gasteiger partial charge < -0.3 is 15.6 Å². The number of aliphatic hydroxyl groups is 1. The lowest BCUT2D eigenvalue weighted by molar-refractivity contribution is -0.137. The molecule has 1 aliphatic carbocycles. The quantitative estimate of drug-likeness (QED) is 0.532. The highest BCUT2D eigenvalue weighted by Gasteiger charge is 2.53. The van der Waals surface area contributed by atoms with Crippen molar-refractivity contribution in [3.63, 3.8) is 0 Å². The van der Waals surface area contributed by atoms with Gasteiger partial charge in [-0.25, -0.2) is 0 Å². The van der Waals surface area contributed by atoms with Crippen molar-refractivity contribution < 1.29 is 15.1 Å². The monoisotopic (exact) mass is 260 g/mol. The number of benzene rings is 1. The molecule has 1 saturated carbocycles. The molecule has 0 spiro atoms. The first-order chi connectivity index (χ1) is 9.17. The van der Waals surface area contributed by atoms with Gasteiger partial charge in [0, 0.05) is 17.2 Å². The van der Waals surface area contributed by atoms with Crippen molar-refractivity contribution in [1.29, 1.82) is 0 Å². The van der Waals surface area contributed by atoms with Gasteiger partial charge in [-0.1, -0.05) is 29.8 Å². The summed E-state index contributed by atoms with van der Waals surface area (Å²) in [5.74, 6) is -0.878. The summed E-state index contributed by atoms with van der Waals surface area (Å²) < 4.78 is 0. The second kappa shape index (κ2) is 4.35. The van der Waals surface area contributed by atoms with Crippen molar-refractivity contribution >= 4 is 17.3 Å². The van der Waals surface area contributed by atoms with E-state index in [1.807, 2.05) is 6.07 Å². The molecular weight excluding hydrogens is 244 g/mol. The molecule has 2 atom stereocenters. The summed E-state index contributed by atoms with van der Waals surface area (Å²) in [6.07, 6.45) is 3.12. The van der Waals surface area contributed by atoms with Crippen LogP contribution in [0.3, 0.4) is 0 Å². The normalized spacial score (nSPS) is 32.2. The number of amides is 1. The Labute approximate surface area is 110 Å². The third-order valence-electron chi connectivity index (χ3n) is 4.14. The fourth-order valence-electron chi connectivity index (χ4n) is 3.18. The molecule has 1 aromatic carbocycles. The van der Waals surface area contributed by atoms with Crippen LogP contribution in [0.15, 0.2) is 29.4 Å². The molecule has 0 aromatic heterocycles. The zero-order valence-electron chi connectivity index (χ0n) is 10.5. The molecule has 1 fully saturated rings. The molecule has 1 amide bonds. The molecule has 0 bridgehead atoms. The van der Waals surface area contributed by atoms with Gasteiger partial charge in [0.2, 0.25) is 0 Å². The summed E-state index contributed by atoms with van der Waals surface area (Å²) in [4.78, 5) is 12.2. The minimum absolute atomic E-state index is 0.429. The summed E-state index contributed by atoms with van der Waals surface area (Å²) in [6.45, 7) is 0. The maximum Gasteiger partial charge on any atom is 0.261 e. The van der Waals surface area contributed by atoms with E-state index in [4.69, 9.17) is 5.21 Å². The van der Waals surface area contributed by atoms with Gasteiger partial charge in [0.1, 0.15) is 0 Å². The Hall–Kier alpha value is -1.88. The van der Waals surface area contributed by atoms with Crippen LogP contribution in [0.4, 0.5) is 5.69 Å². The number of nitrogens with one attached hydrogen (secondary N) is 1. The first-order valence-corrected chi connectivity index (χ1v) is 6.52. The third kappa shape index (κ3) is 1.65. The van der Waals surface area contributed by atoms with Crippen LogP contribution in [0.25, 0.3) is 0 Å². The predicted octanol–water partition coefficient (Wildman–Crippen LogP) is 1.85. The second-order valence-corrected chi connectivity index (χ2v) is 5.16. The number of nitrogens with zero attached hydrogens (tertiary/aromatic N) is 1. The molecule has 3 N–H and O–H groups in total. The van der Waals surface area contributed by atoms with Crippen LogP contribution in [0.1, 0.15) is 31.2 Å². The lowest BCUT2D eigenvalue weighted by atomic mass is 9.73. The van der Waals surface area contributed by atoms with Gasteiger partial charge in [-0.05, 0) is 25.3 Å². The summed E-state index contributed by atoms with van der Waals surface area (Å²) in [7, 11) is 0. The Morgan fingerprint density at radius 2 is 2.11 bits per heavy atom. The number of fused-ring (bicyclic) bond motifs is 1. The van der Waals surface area contributed by atoms with Crippen molar-refractivity contribution in [3.05, 3.63) is 29.8 Å². The highest BCUT2D eigenvalue weighted by molar-refractivity contribution is 6.08. The summed E-state index contributed by atoms with van der Waals surface area (Å²) in [5.41, 5.74) is 0.116. The SMILES string of the molecule is O=C1Nc2ccccc2[C@@]1(O)[C@@H]1CCCC/C1=N/O. The average Bonchev–Trinajstić information content (AvgIpc) is 2.72. The Morgan fingerprint density at radius 3 is 2.89 bits per heavy atom. The van der Waals surface area contributed by atoms with Gasteiger partial charge in [0.05, 0.1) is 5.71 Å². The zero-order chi connectivity index (χ0) is 13.5. The van der Waals surface area contributed by atoms with E-state index in [0.29, 0.717) is 29.8 Å². The van der Waals surface area contributed by atoms with E-state index in [1.165, 1.54) is 0 Å². The second-order valence-electron chi connectivity index (χ2n) is 5.16. The van der Waals surface area contributed by atoms with Gasteiger partial charge in [0.15, 0.2) is 5.60 Å². The maximum atomic E-state index is 12.2. The largest absolute Gasteiger partial charge is 0.411 e. The minimum atomic E-state index is -1.61. The molecule has 1 heterocycles. The predicted molar refractivity (Wildman–Crippen MR) is 70.1 cm³/mol. The van der Waals surface area contributed by atoms with E-state index in [2.05, 4.69) is 10.5 Å². The topological polar surface area (TPSA) is 81.9 Å². The average molecular weight is 260 g/mol. The van der Waals surface area contributed by atoms with Crippen molar-refractivity contribution in [2.75, 3.05) is 5.32 Å². The molecule has 1 aromatic rings. The maximum absolute atomic E-state index is 12.2. The van der Waals surface area contributed by atoms with Gasteiger partial charge in [-0.15, -0.1) is 0 Å². The van der Waals surface area contributed by atoms with E-state index in [1.54, 1.807) is 18.2 Å². The fraction of sp³-hybridized carbons (Fsp3) is 0.429. The lowest BCUT2D eigenvalue weighted by Gasteiger charge is -2.34. The molecule has 3 rings (SSSR count).